The molecule has 0 bridgehead atoms. The van der Waals surface area contributed by atoms with E-state index in [1.807, 2.05) is 30.3 Å². The van der Waals surface area contributed by atoms with Gasteiger partial charge in [0.2, 0.25) is 0 Å². The minimum absolute atomic E-state index is 0.635. The van der Waals surface area contributed by atoms with Crippen molar-refractivity contribution < 1.29 is 13.9 Å². The van der Waals surface area contributed by atoms with E-state index in [1.165, 1.54) is 0 Å². The maximum Gasteiger partial charge on any atom is 0.173 e. The molecule has 0 amide bonds. The molecule has 0 unspecified atom stereocenters. The summed E-state index contributed by atoms with van der Waals surface area (Å²) in [4.78, 5) is 4.59. The fourth-order valence-electron chi connectivity index (χ4n) is 3.27. The van der Waals surface area contributed by atoms with Crippen molar-refractivity contribution >= 4 is 23.0 Å². The van der Waals surface area contributed by atoms with Crippen molar-refractivity contribution in [2.24, 2.45) is 0 Å². The van der Waals surface area contributed by atoms with Crippen LogP contribution in [-0.4, -0.2) is 61.4 Å². The van der Waals surface area contributed by atoms with Crippen molar-refractivity contribution in [2.75, 3.05) is 51.8 Å². The number of morpholine rings is 1. The second-order valence-electron chi connectivity index (χ2n) is 6.94. The normalized spacial score (nSPS) is 14.6. The van der Waals surface area contributed by atoms with Crippen LogP contribution in [0.3, 0.4) is 0 Å². The van der Waals surface area contributed by atoms with Crippen molar-refractivity contribution in [2.45, 2.75) is 19.9 Å². The van der Waals surface area contributed by atoms with Gasteiger partial charge >= 0.3 is 0 Å². The third-order valence-corrected chi connectivity index (χ3v) is 5.18. The van der Waals surface area contributed by atoms with Gasteiger partial charge in [-0.1, -0.05) is 6.07 Å². The predicted octanol–water partition coefficient (Wildman–Crippen LogP) is 3.52. The molecule has 2 heterocycles. The lowest BCUT2D eigenvalue weighted by molar-refractivity contribution is 0.0367. The van der Waals surface area contributed by atoms with E-state index in [0.717, 1.165) is 68.6 Å². The lowest BCUT2D eigenvalue weighted by atomic mass is 10.2. The summed E-state index contributed by atoms with van der Waals surface area (Å²) in [6.07, 6.45) is 2.72. The van der Waals surface area contributed by atoms with Gasteiger partial charge in [0.25, 0.3) is 0 Å². The van der Waals surface area contributed by atoms with Crippen molar-refractivity contribution in [3.63, 3.8) is 0 Å². The Bertz CT molecular complexity index is 745. The number of furan rings is 1. The molecule has 0 spiro atoms. The van der Waals surface area contributed by atoms with Crippen LogP contribution in [-0.2, 0) is 11.3 Å². The Balaban J connectivity index is 1.63. The van der Waals surface area contributed by atoms with E-state index in [-0.39, 0.29) is 0 Å². The van der Waals surface area contributed by atoms with Gasteiger partial charge in [-0.25, -0.2) is 0 Å². The fourth-order valence-corrected chi connectivity index (χ4v) is 3.53. The number of nitrogens with one attached hydrogen (secondary N) is 1. The van der Waals surface area contributed by atoms with Gasteiger partial charge in [0, 0.05) is 26.2 Å². The summed E-state index contributed by atoms with van der Waals surface area (Å²) in [5.74, 6) is 1.67. The van der Waals surface area contributed by atoms with Crippen molar-refractivity contribution in [1.82, 2.24) is 9.80 Å². The van der Waals surface area contributed by atoms with E-state index in [9.17, 15) is 0 Å². The number of methoxy groups -OCH3 is 1. The number of thiocarbonyl (C=S) groups is 1. The number of ether oxygens (including phenoxy) is 2. The fraction of sp³-hybridized carbons (Fsp3) is 0.476. The van der Waals surface area contributed by atoms with E-state index in [2.05, 4.69) is 22.0 Å². The number of hydrogen-bond donors (Lipinski definition) is 1. The molecule has 1 aliphatic heterocycles. The minimum Gasteiger partial charge on any atom is -0.495 e. The Morgan fingerprint density at radius 3 is 2.82 bits per heavy atom. The molecular formula is C21H29N3O3S. The molecule has 6 nitrogen and oxygen atoms in total. The van der Waals surface area contributed by atoms with Crippen molar-refractivity contribution in [3.05, 3.63) is 47.9 Å². The molecule has 1 N–H and O–H groups in total. The number of hydrogen-bond acceptors (Lipinski definition) is 5. The SMILES string of the molecule is COc1ccc(C)cc1NC(=S)N(CCCN1CCOCC1)Cc1ccco1. The predicted molar refractivity (Wildman–Crippen MR) is 115 cm³/mol. The average Bonchev–Trinajstić information content (AvgIpc) is 3.21. The lowest BCUT2D eigenvalue weighted by Crippen LogP contribution is -2.40. The van der Waals surface area contributed by atoms with E-state index in [0.29, 0.717) is 11.7 Å². The average molecular weight is 404 g/mol. The van der Waals surface area contributed by atoms with Crippen LogP contribution in [0, 0.1) is 6.92 Å². The van der Waals surface area contributed by atoms with Crippen LogP contribution in [0.2, 0.25) is 0 Å². The highest BCUT2D eigenvalue weighted by atomic mass is 32.1. The van der Waals surface area contributed by atoms with E-state index in [4.69, 9.17) is 26.1 Å². The Morgan fingerprint density at radius 1 is 1.29 bits per heavy atom. The first kappa shape index (κ1) is 20.6. The first-order chi connectivity index (χ1) is 13.7. The van der Waals surface area contributed by atoms with Crippen LogP contribution in [0.1, 0.15) is 17.7 Å². The molecule has 28 heavy (non-hydrogen) atoms. The van der Waals surface area contributed by atoms with Crippen molar-refractivity contribution in [3.8, 4) is 5.75 Å². The molecule has 0 atom stereocenters. The van der Waals surface area contributed by atoms with Gasteiger partial charge in [-0.2, -0.15) is 0 Å². The number of rotatable bonds is 8. The van der Waals surface area contributed by atoms with E-state index >= 15 is 0 Å². The highest BCUT2D eigenvalue weighted by molar-refractivity contribution is 7.80. The van der Waals surface area contributed by atoms with E-state index in [1.54, 1.807) is 13.4 Å². The maximum absolute atomic E-state index is 5.74. The van der Waals surface area contributed by atoms with Crippen LogP contribution in [0.15, 0.2) is 41.0 Å². The first-order valence-corrected chi connectivity index (χ1v) is 10.1. The summed E-state index contributed by atoms with van der Waals surface area (Å²) in [7, 11) is 1.67. The summed E-state index contributed by atoms with van der Waals surface area (Å²) in [6.45, 7) is 8.22. The molecule has 1 aliphatic rings. The molecule has 0 aliphatic carbocycles. The van der Waals surface area contributed by atoms with Gasteiger partial charge in [0.05, 0.1) is 38.8 Å². The van der Waals surface area contributed by atoms with Crippen LogP contribution in [0.4, 0.5) is 5.69 Å². The van der Waals surface area contributed by atoms with Crippen LogP contribution in [0.25, 0.3) is 0 Å². The van der Waals surface area contributed by atoms with E-state index < -0.39 is 0 Å². The summed E-state index contributed by atoms with van der Waals surface area (Å²) in [5.41, 5.74) is 2.03. The monoisotopic (exact) mass is 403 g/mol. The molecule has 1 saturated heterocycles. The molecule has 1 aromatic carbocycles. The molecule has 0 saturated carbocycles. The smallest absolute Gasteiger partial charge is 0.173 e. The molecule has 1 fully saturated rings. The lowest BCUT2D eigenvalue weighted by Gasteiger charge is -2.29. The number of aryl methyl sites for hydroxylation is 1. The third-order valence-electron chi connectivity index (χ3n) is 4.82. The van der Waals surface area contributed by atoms with Gasteiger partial charge in [0.15, 0.2) is 5.11 Å². The molecule has 3 rings (SSSR count). The highest BCUT2D eigenvalue weighted by Gasteiger charge is 2.16. The number of anilines is 1. The molecule has 1 aromatic heterocycles. The van der Waals surface area contributed by atoms with Crippen LogP contribution in [0.5, 0.6) is 5.75 Å². The van der Waals surface area contributed by atoms with Crippen LogP contribution < -0.4 is 10.1 Å². The summed E-state index contributed by atoms with van der Waals surface area (Å²) in [6, 6.07) is 9.90. The van der Waals surface area contributed by atoms with Gasteiger partial charge in [-0.3, -0.25) is 4.90 Å². The second kappa shape index (κ2) is 10.5. The second-order valence-corrected chi connectivity index (χ2v) is 7.33. The molecular weight excluding hydrogens is 374 g/mol. The molecule has 152 valence electrons. The topological polar surface area (TPSA) is 50.1 Å². The van der Waals surface area contributed by atoms with Crippen molar-refractivity contribution in [1.29, 1.82) is 0 Å². The Labute approximate surface area is 172 Å². The maximum atomic E-state index is 5.74. The van der Waals surface area contributed by atoms with Gasteiger partial charge in [0.1, 0.15) is 11.5 Å². The quantitative estimate of drug-likeness (QED) is 0.677. The zero-order chi connectivity index (χ0) is 19.8. The molecule has 7 heteroatoms. The standard InChI is InChI=1S/C21H29N3O3S/c1-17-6-7-20(25-2)19(15-17)22-21(28)24(16-18-5-3-12-27-18)9-4-8-23-10-13-26-14-11-23/h3,5-7,12,15H,4,8-11,13-14,16H2,1-2H3,(H,22,28). The first-order valence-electron chi connectivity index (χ1n) is 9.69. The van der Waals surface area contributed by atoms with Gasteiger partial charge in [-0.15, -0.1) is 0 Å². The Morgan fingerprint density at radius 2 is 2.11 bits per heavy atom. The molecule has 0 radical (unpaired) electrons. The third kappa shape index (κ3) is 5.95. The zero-order valence-corrected chi connectivity index (χ0v) is 17.5. The number of nitrogens with zero attached hydrogens (tertiary/aromatic N) is 2. The Kier molecular flexibility index (Phi) is 7.71. The minimum atomic E-state index is 0.635. The number of benzene rings is 1. The van der Waals surface area contributed by atoms with Gasteiger partial charge in [-0.05, 0) is 55.4 Å². The molecule has 2 aromatic rings. The summed E-state index contributed by atoms with van der Waals surface area (Å²) < 4.78 is 16.4. The largest absolute Gasteiger partial charge is 0.495 e. The highest BCUT2D eigenvalue weighted by Crippen LogP contribution is 2.25. The van der Waals surface area contributed by atoms with Crippen LogP contribution >= 0.6 is 12.2 Å². The zero-order valence-electron chi connectivity index (χ0n) is 16.6. The summed E-state index contributed by atoms with van der Waals surface area (Å²) >= 11 is 5.74. The Hall–Kier alpha value is -2.09. The summed E-state index contributed by atoms with van der Waals surface area (Å²) in [5, 5.41) is 4.03. The van der Waals surface area contributed by atoms with Gasteiger partial charge < -0.3 is 24.1 Å².